The van der Waals surface area contributed by atoms with Crippen molar-refractivity contribution in [1.29, 1.82) is 0 Å². The van der Waals surface area contributed by atoms with Crippen LogP contribution in [0.4, 0.5) is 0 Å². The molecule has 172 valence electrons. The molecule has 0 saturated heterocycles. The van der Waals surface area contributed by atoms with Gasteiger partial charge in [-0.15, -0.1) is 0 Å². The molecule has 0 N–H and O–H groups in total. The lowest BCUT2D eigenvalue weighted by Gasteiger charge is -2.14. The molecule has 0 spiro atoms. The predicted molar refractivity (Wildman–Crippen MR) is 130 cm³/mol. The third kappa shape index (κ3) is 4.62. The summed E-state index contributed by atoms with van der Waals surface area (Å²) in [5.41, 5.74) is 1.90. The summed E-state index contributed by atoms with van der Waals surface area (Å²) in [6, 6.07) is 17.2. The van der Waals surface area contributed by atoms with E-state index in [4.69, 9.17) is 4.74 Å². The fourth-order valence-electron chi connectivity index (χ4n) is 3.92. The van der Waals surface area contributed by atoms with Crippen molar-refractivity contribution in [3.05, 3.63) is 87.3 Å². The smallest absolute Gasteiger partial charge is 0.337 e. The van der Waals surface area contributed by atoms with Gasteiger partial charge in [0.05, 0.1) is 18.6 Å². The zero-order valence-corrected chi connectivity index (χ0v) is 19.6. The van der Waals surface area contributed by atoms with Crippen molar-refractivity contribution in [2.24, 2.45) is 5.92 Å². The van der Waals surface area contributed by atoms with Crippen LogP contribution in [0.2, 0.25) is 0 Å². The minimum absolute atomic E-state index is 0.138. The Balaban J connectivity index is 1.82. The van der Waals surface area contributed by atoms with E-state index in [0.29, 0.717) is 41.0 Å². The van der Waals surface area contributed by atoms with E-state index < -0.39 is 5.69 Å². The zero-order valence-electron chi connectivity index (χ0n) is 19.6. The zero-order chi connectivity index (χ0) is 23.5. The summed E-state index contributed by atoms with van der Waals surface area (Å²) in [6.07, 6.45) is 1.65. The Hall–Kier alpha value is -3.61. The highest BCUT2D eigenvalue weighted by Crippen LogP contribution is 2.19. The van der Waals surface area contributed by atoms with Crippen molar-refractivity contribution in [2.45, 2.75) is 46.7 Å². The molecule has 0 atom stereocenters. The average Bonchev–Trinajstić information content (AvgIpc) is 3.19. The average molecular weight is 447 g/mol. The Morgan fingerprint density at radius 1 is 0.939 bits per heavy atom. The van der Waals surface area contributed by atoms with Crippen LogP contribution in [0.5, 0.6) is 5.75 Å². The summed E-state index contributed by atoms with van der Waals surface area (Å²) < 4.78 is 10.4. The first kappa shape index (κ1) is 22.6. The second-order valence-corrected chi connectivity index (χ2v) is 8.95. The molecule has 0 radical (unpaired) electrons. The van der Waals surface area contributed by atoms with Crippen molar-refractivity contribution < 1.29 is 4.74 Å². The van der Waals surface area contributed by atoms with Crippen LogP contribution in [0.1, 0.15) is 39.2 Å². The molecule has 7 nitrogen and oxygen atoms in total. The summed E-state index contributed by atoms with van der Waals surface area (Å²) in [7, 11) is 0. The first-order valence-corrected chi connectivity index (χ1v) is 11.4. The Labute approximate surface area is 192 Å². The lowest BCUT2D eigenvalue weighted by Crippen LogP contribution is -2.41. The third-order valence-corrected chi connectivity index (χ3v) is 5.61. The lowest BCUT2D eigenvalue weighted by atomic mass is 10.0. The van der Waals surface area contributed by atoms with Gasteiger partial charge in [0.1, 0.15) is 12.4 Å². The molecular formula is C26H30N4O3. The molecule has 4 rings (SSSR count). The maximum atomic E-state index is 13.5. The molecule has 0 amide bonds. The van der Waals surface area contributed by atoms with Gasteiger partial charge in [-0.3, -0.25) is 9.36 Å². The van der Waals surface area contributed by atoms with E-state index in [-0.39, 0.29) is 18.7 Å². The molecule has 2 aromatic carbocycles. The normalized spacial score (nSPS) is 11.6. The van der Waals surface area contributed by atoms with Crippen molar-refractivity contribution in [3.63, 3.8) is 0 Å². The van der Waals surface area contributed by atoms with Crippen LogP contribution in [0, 0.1) is 5.92 Å². The Morgan fingerprint density at radius 2 is 1.64 bits per heavy atom. The van der Waals surface area contributed by atoms with Gasteiger partial charge in [0.2, 0.25) is 0 Å². The van der Waals surface area contributed by atoms with Gasteiger partial charge in [-0.05, 0) is 41.7 Å². The Morgan fingerprint density at radius 3 is 2.27 bits per heavy atom. The van der Waals surface area contributed by atoms with Crippen LogP contribution in [-0.2, 0) is 13.1 Å². The van der Waals surface area contributed by atoms with E-state index in [1.54, 1.807) is 6.33 Å². The van der Waals surface area contributed by atoms with Crippen LogP contribution < -0.4 is 16.0 Å². The van der Waals surface area contributed by atoms with Gasteiger partial charge in [-0.25, -0.2) is 14.3 Å². The van der Waals surface area contributed by atoms with Crippen molar-refractivity contribution in [1.82, 2.24) is 18.7 Å². The van der Waals surface area contributed by atoms with Crippen molar-refractivity contribution >= 4 is 11.2 Å². The van der Waals surface area contributed by atoms with Gasteiger partial charge < -0.3 is 9.30 Å². The first-order chi connectivity index (χ1) is 15.9. The quantitative estimate of drug-likeness (QED) is 0.407. The summed E-state index contributed by atoms with van der Waals surface area (Å²) >= 11 is 0. The number of rotatable bonds is 8. The SMILES string of the molecule is CC(C)Cn1cnc2c1c(=O)n(CCOc1ccccc1)c(=O)n2-c1ccc(C(C)C)cc1. The van der Waals surface area contributed by atoms with E-state index >= 15 is 0 Å². The molecule has 4 aromatic rings. The minimum atomic E-state index is -0.420. The van der Waals surface area contributed by atoms with Gasteiger partial charge >= 0.3 is 5.69 Å². The van der Waals surface area contributed by atoms with E-state index in [1.807, 2.05) is 59.2 Å². The molecule has 2 aromatic heterocycles. The molecule has 0 fully saturated rings. The molecule has 0 saturated carbocycles. The largest absolute Gasteiger partial charge is 0.492 e. The maximum absolute atomic E-state index is 13.5. The number of hydrogen-bond donors (Lipinski definition) is 0. The topological polar surface area (TPSA) is 71.1 Å². The number of nitrogens with zero attached hydrogens (tertiary/aromatic N) is 4. The number of hydrogen-bond acceptors (Lipinski definition) is 4. The third-order valence-electron chi connectivity index (χ3n) is 5.61. The highest BCUT2D eigenvalue weighted by atomic mass is 16.5. The summed E-state index contributed by atoms with van der Waals surface area (Å²) in [6.45, 7) is 9.39. The van der Waals surface area contributed by atoms with Gasteiger partial charge in [-0.2, -0.15) is 0 Å². The highest BCUT2D eigenvalue weighted by molar-refractivity contribution is 5.72. The summed E-state index contributed by atoms with van der Waals surface area (Å²) in [4.78, 5) is 31.4. The number of benzene rings is 2. The molecule has 0 aliphatic rings. The molecule has 2 heterocycles. The number of para-hydroxylation sites is 1. The Bertz CT molecular complexity index is 1350. The number of fused-ring (bicyclic) bond motifs is 1. The fraction of sp³-hybridized carbons (Fsp3) is 0.346. The monoisotopic (exact) mass is 446 g/mol. The number of ether oxygens (including phenoxy) is 1. The molecule has 0 aliphatic carbocycles. The van der Waals surface area contributed by atoms with E-state index in [2.05, 4.69) is 32.7 Å². The molecule has 0 aliphatic heterocycles. The van der Waals surface area contributed by atoms with Gasteiger partial charge in [0.15, 0.2) is 11.2 Å². The standard InChI is InChI=1S/C26H30N4O3/c1-18(2)16-28-17-27-24-23(28)25(31)29(14-15-33-22-8-6-5-7-9-22)26(32)30(24)21-12-10-20(11-13-21)19(3)4/h5-13,17-19H,14-16H2,1-4H3. The first-order valence-electron chi connectivity index (χ1n) is 11.4. The molecular weight excluding hydrogens is 416 g/mol. The molecule has 0 bridgehead atoms. The highest BCUT2D eigenvalue weighted by Gasteiger charge is 2.19. The van der Waals surface area contributed by atoms with Gasteiger partial charge in [0.25, 0.3) is 5.56 Å². The van der Waals surface area contributed by atoms with Gasteiger partial charge in [0, 0.05) is 6.54 Å². The van der Waals surface area contributed by atoms with Crippen LogP contribution in [0.25, 0.3) is 16.9 Å². The maximum Gasteiger partial charge on any atom is 0.337 e. The summed E-state index contributed by atoms with van der Waals surface area (Å²) in [5.74, 6) is 1.40. The molecule has 7 heteroatoms. The van der Waals surface area contributed by atoms with Gasteiger partial charge in [-0.1, -0.05) is 58.0 Å². The predicted octanol–water partition coefficient (Wildman–Crippen LogP) is 4.21. The second-order valence-electron chi connectivity index (χ2n) is 8.95. The lowest BCUT2D eigenvalue weighted by molar-refractivity contribution is 0.293. The van der Waals surface area contributed by atoms with E-state index in [9.17, 15) is 9.59 Å². The van der Waals surface area contributed by atoms with Crippen LogP contribution in [0.15, 0.2) is 70.5 Å². The fourth-order valence-corrected chi connectivity index (χ4v) is 3.92. The Kier molecular flexibility index (Phi) is 6.49. The number of imidazole rings is 1. The molecule has 0 unspecified atom stereocenters. The van der Waals surface area contributed by atoms with Crippen LogP contribution >= 0.6 is 0 Å². The number of aromatic nitrogens is 4. The molecule has 33 heavy (non-hydrogen) atoms. The van der Waals surface area contributed by atoms with Crippen LogP contribution in [0.3, 0.4) is 0 Å². The minimum Gasteiger partial charge on any atom is -0.492 e. The van der Waals surface area contributed by atoms with E-state index in [1.165, 1.54) is 14.7 Å². The summed E-state index contributed by atoms with van der Waals surface area (Å²) in [5, 5.41) is 0. The van der Waals surface area contributed by atoms with Crippen LogP contribution in [-0.4, -0.2) is 25.3 Å². The van der Waals surface area contributed by atoms with Crippen molar-refractivity contribution in [2.75, 3.05) is 6.61 Å². The van der Waals surface area contributed by atoms with E-state index in [0.717, 1.165) is 0 Å². The van der Waals surface area contributed by atoms with Crippen molar-refractivity contribution in [3.8, 4) is 11.4 Å². The second kappa shape index (κ2) is 9.48.